The summed E-state index contributed by atoms with van der Waals surface area (Å²) < 4.78 is 11.5. The van der Waals surface area contributed by atoms with Gasteiger partial charge in [0.15, 0.2) is 28.8 Å². The smallest absolute Gasteiger partial charge is 0.282 e. The minimum Gasteiger partial charge on any atom is -0.493 e. The highest BCUT2D eigenvalue weighted by atomic mass is 16.5. The van der Waals surface area contributed by atoms with Crippen LogP contribution in [0.15, 0.2) is 29.1 Å². The number of carbonyl (C=O) groups excluding carboxylic acids is 3. The first-order chi connectivity index (χ1) is 14.1. The summed E-state index contributed by atoms with van der Waals surface area (Å²) in [5.74, 6) is -2.26. The Hall–Kier alpha value is -3.29. The van der Waals surface area contributed by atoms with E-state index in [0.29, 0.717) is 22.9 Å². The molecule has 0 bridgehead atoms. The number of ether oxygens (including phenoxy) is 2. The molecule has 2 aromatic rings. The second-order valence-corrected chi connectivity index (χ2v) is 8.20. The van der Waals surface area contributed by atoms with Crippen LogP contribution in [0.3, 0.4) is 0 Å². The summed E-state index contributed by atoms with van der Waals surface area (Å²) in [6.45, 7) is 5.25. The van der Waals surface area contributed by atoms with Crippen LogP contribution >= 0.6 is 0 Å². The van der Waals surface area contributed by atoms with Crippen LogP contribution < -0.4 is 15.0 Å². The fraction of sp³-hybridized carbons (Fsp3) is 0.409. The Kier molecular flexibility index (Phi) is 5.61. The largest absolute Gasteiger partial charge is 0.493 e. The summed E-state index contributed by atoms with van der Waals surface area (Å²) in [6.07, 6.45) is 0.228. The molecule has 1 saturated carbocycles. The predicted molar refractivity (Wildman–Crippen MR) is 109 cm³/mol. The summed E-state index contributed by atoms with van der Waals surface area (Å²) in [5, 5.41) is 4.21. The van der Waals surface area contributed by atoms with Crippen molar-refractivity contribution < 1.29 is 23.9 Å². The molecule has 0 radical (unpaired) electrons. The molecule has 1 aliphatic rings. The topological polar surface area (TPSA) is 105 Å². The second-order valence-electron chi connectivity index (χ2n) is 8.20. The third-order valence-corrected chi connectivity index (χ3v) is 5.12. The molecule has 1 aromatic heterocycles. The molecule has 8 nitrogen and oxygen atoms in total. The van der Waals surface area contributed by atoms with Gasteiger partial charge in [-0.05, 0) is 30.5 Å². The van der Waals surface area contributed by atoms with Gasteiger partial charge in [0.05, 0.1) is 31.2 Å². The molecule has 30 heavy (non-hydrogen) atoms. The van der Waals surface area contributed by atoms with Gasteiger partial charge < -0.3 is 9.47 Å². The molecule has 1 aliphatic carbocycles. The van der Waals surface area contributed by atoms with Crippen LogP contribution in [0.5, 0.6) is 11.5 Å². The van der Waals surface area contributed by atoms with Crippen LogP contribution in [0.4, 0.5) is 0 Å². The molecular weight excluding hydrogens is 388 g/mol. The van der Waals surface area contributed by atoms with Crippen molar-refractivity contribution in [3.05, 3.63) is 45.9 Å². The summed E-state index contributed by atoms with van der Waals surface area (Å²) in [6, 6.07) is 6.09. The number of carbonyl (C=O) groups is 3. The number of aromatic nitrogens is 2. The Bertz CT molecular complexity index is 1080. The van der Waals surface area contributed by atoms with E-state index in [4.69, 9.17) is 9.47 Å². The number of hydrogen-bond donors (Lipinski definition) is 0. The maximum absolute atomic E-state index is 13.1. The van der Waals surface area contributed by atoms with E-state index in [1.807, 2.05) is 13.8 Å². The lowest BCUT2D eigenvalue weighted by Crippen LogP contribution is -2.43. The number of aryl methyl sites for hydroxylation is 1. The van der Waals surface area contributed by atoms with Crippen LogP contribution in [-0.4, -0.2) is 41.3 Å². The number of hydrogen-bond acceptors (Lipinski definition) is 7. The average molecular weight is 412 g/mol. The van der Waals surface area contributed by atoms with Crippen molar-refractivity contribution in [1.29, 1.82) is 0 Å². The Balaban J connectivity index is 2.08. The quantitative estimate of drug-likeness (QED) is 0.548. The highest BCUT2D eigenvalue weighted by Gasteiger charge is 2.44. The summed E-state index contributed by atoms with van der Waals surface area (Å²) >= 11 is 0. The van der Waals surface area contributed by atoms with Gasteiger partial charge >= 0.3 is 0 Å². The molecule has 0 spiro atoms. The molecule has 0 aliphatic heterocycles. The van der Waals surface area contributed by atoms with Gasteiger partial charge in [0, 0.05) is 18.9 Å². The lowest BCUT2D eigenvalue weighted by atomic mass is 9.70. The van der Waals surface area contributed by atoms with Gasteiger partial charge in [0.2, 0.25) is 0 Å². The van der Waals surface area contributed by atoms with E-state index < -0.39 is 34.2 Å². The molecule has 1 fully saturated rings. The number of methoxy groups -OCH3 is 2. The number of ketones is 3. The van der Waals surface area contributed by atoms with Crippen molar-refractivity contribution in [2.75, 3.05) is 14.2 Å². The van der Waals surface area contributed by atoms with E-state index in [-0.39, 0.29) is 18.4 Å². The van der Waals surface area contributed by atoms with Gasteiger partial charge in [-0.15, -0.1) is 0 Å². The first-order valence-electron chi connectivity index (χ1n) is 9.51. The zero-order chi connectivity index (χ0) is 22.2. The SMILES string of the molecule is COc1ccc(-n2nc(C)cc(C(=O)C3C(=O)CC(C)(C)CC3=O)c2=O)cc1OC. The van der Waals surface area contributed by atoms with Crippen molar-refractivity contribution in [2.45, 2.75) is 33.6 Å². The van der Waals surface area contributed by atoms with Gasteiger partial charge in [-0.2, -0.15) is 9.78 Å². The van der Waals surface area contributed by atoms with Crippen LogP contribution in [0.1, 0.15) is 42.7 Å². The van der Waals surface area contributed by atoms with E-state index in [2.05, 4.69) is 5.10 Å². The molecule has 0 saturated heterocycles. The second kappa shape index (κ2) is 7.85. The number of rotatable bonds is 5. The van der Waals surface area contributed by atoms with Crippen molar-refractivity contribution in [1.82, 2.24) is 9.78 Å². The van der Waals surface area contributed by atoms with E-state index in [1.165, 1.54) is 20.3 Å². The van der Waals surface area contributed by atoms with E-state index in [1.54, 1.807) is 25.1 Å². The third-order valence-electron chi connectivity index (χ3n) is 5.12. The molecule has 1 heterocycles. The van der Waals surface area contributed by atoms with Gasteiger partial charge in [0.25, 0.3) is 5.56 Å². The minimum atomic E-state index is -1.44. The highest BCUT2D eigenvalue weighted by Crippen LogP contribution is 2.35. The van der Waals surface area contributed by atoms with E-state index in [0.717, 1.165) is 4.68 Å². The normalized spacial score (nSPS) is 16.4. The zero-order valence-corrected chi connectivity index (χ0v) is 17.6. The van der Waals surface area contributed by atoms with E-state index >= 15 is 0 Å². The van der Waals surface area contributed by atoms with Gasteiger partial charge in [0.1, 0.15) is 5.92 Å². The standard InChI is InChI=1S/C22H24N2O6/c1-12-8-14(20(27)19-15(25)10-22(2,3)11-16(19)26)21(28)24(23-12)13-6-7-17(29-4)18(9-13)30-5/h6-9,19H,10-11H2,1-5H3. The molecular formula is C22H24N2O6. The minimum absolute atomic E-state index is 0.114. The predicted octanol–water partition coefficient (Wildman–Crippen LogP) is 2.32. The number of Topliss-reactive ketones (excluding diaryl/α,β-unsaturated/α-hetero) is 3. The number of nitrogens with zero attached hydrogens (tertiary/aromatic N) is 2. The maximum Gasteiger partial charge on any atom is 0.282 e. The van der Waals surface area contributed by atoms with Crippen molar-refractivity contribution in [2.24, 2.45) is 11.3 Å². The van der Waals surface area contributed by atoms with Gasteiger partial charge in [-0.3, -0.25) is 19.2 Å². The molecule has 0 N–H and O–H groups in total. The average Bonchev–Trinajstić information content (AvgIpc) is 2.67. The van der Waals surface area contributed by atoms with Crippen molar-refractivity contribution in [3.8, 4) is 17.2 Å². The molecule has 158 valence electrons. The van der Waals surface area contributed by atoms with Gasteiger partial charge in [-0.1, -0.05) is 13.8 Å². The summed E-state index contributed by atoms with van der Waals surface area (Å²) in [5.41, 5.74) is -0.674. The first kappa shape index (κ1) is 21.4. The zero-order valence-electron chi connectivity index (χ0n) is 17.6. The maximum atomic E-state index is 13.1. The molecule has 8 heteroatoms. The lowest BCUT2D eigenvalue weighted by Gasteiger charge is -2.31. The summed E-state index contributed by atoms with van der Waals surface area (Å²) in [4.78, 5) is 51.3. The molecule has 0 unspecified atom stereocenters. The Morgan fingerprint density at radius 3 is 2.20 bits per heavy atom. The van der Waals surface area contributed by atoms with Crippen LogP contribution in [0.25, 0.3) is 5.69 Å². The highest BCUT2D eigenvalue weighted by molar-refractivity contribution is 6.25. The first-order valence-corrected chi connectivity index (χ1v) is 9.51. The monoisotopic (exact) mass is 412 g/mol. The molecule has 3 rings (SSSR count). The van der Waals surface area contributed by atoms with Crippen LogP contribution in [0, 0.1) is 18.3 Å². The van der Waals surface area contributed by atoms with Crippen LogP contribution in [0.2, 0.25) is 0 Å². The molecule has 0 amide bonds. The fourth-order valence-electron chi connectivity index (χ4n) is 3.76. The molecule has 0 atom stereocenters. The van der Waals surface area contributed by atoms with Gasteiger partial charge in [-0.25, -0.2) is 0 Å². The summed E-state index contributed by atoms with van der Waals surface area (Å²) in [7, 11) is 2.95. The third kappa shape index (κ3) is 3.90. The van der Waals surface area contributed by atoms with E-state index in [9.17, 15) is 19.2 Å². The Labute approximate surface area is 173 Å². The van der Waals surface area contributed by atoms with Crippen molar-refractivity contribution >= 4 is 17.3 Å². The Morgan fingerprint density at radius 1 is 1.03 bits per heavy atom. The van der Waals surface area contributed by atoms with Crippen molar-refractivity contribution in [3.63, 3.8) is 0 Å². The Morgan fingerprint density at radius 2 is 1.63 bits per heavy atom. The lowest BCUT2D eigenvalue weighted by molar-refractivity contribution is -0.137. The van der Waals surface area contributed by atoms with Crippen LogP contribution in [-0.2, 0) is 9.59 Å². The molecule has 1 aromatic carbocycles. The fourth-order valence-corrected chi connectivity index (χ4v) is 3.76. The number of benzene rings is 1.